The van der Waals surface area contributed by atoms with Crippen molar-refractivity contribution in [3.05, 3.63) is 66.2 Å². The summed E-state index contributed by atoms with van der Waals surface area (Å²) in [6, 6.07) is 18.8. The summed E-state index contributed by atoms with van der Waals surface area (Å²) in [5, 5.41) is 0. The monoisotopic (exact) mass is 271 g/mol. The second-order valence-electron chi connectivity index (χ2n) is 4.31. The number of nitrogens with one attached hydrogen (secondary N) is 1. The maximum absolute atomic E-state index is 11.8. The summed E-state index contributed by atoms with van der Waals surface area (Å²) in [6.07, 6.45) is -0.617. The summed E-state index contributed by atoms with van der Waals surface area (Å²) >= 11 is 0. The molecule has 1 atom stereocenters. The standard InChI is InChI=1S/C16H17NO3/c1-13(20-15-10-6-3-7-11-15)16(18)17-19-12-14-8-4-2-5-9-14/h2-11,13H,12H2,1H3,(H,17,18). The summed E-state index contributed by atoms with van der Waals surface area (Å²) in [5.74, 6) is 0.336. The van der Waals surface area contributed by atoms with E-state index in [9.17, 15) is 4.79 Å². The zero-order valence-corrected chi connectivity index (χ0v) is 11.3. The van der Waals surface area contributed by atoms with Gasteiger partial charge in [0.25, 0.3) is 5.91 Å². The second-order valence-corrected chi connectivity index (χ2v) is 4.31. The molecule has 4 heteroatoms. The van der Waals surface area contributed by atoms with Crippen molar-refractivity contribution in [3.63, 3.8) is 0 Å². The average Bonchev–Trinajstić information content (AvgIpc) is 2.49. The zero-order valence-electron chi connectivity index (χ0n) is 11.3. The van der Waals surface area contributed by atoms with Gasteiger partial charge in [-0.1, -0.05) is 48.5 Å². The van der Waals surface area contributed by atoms with Crippen molar-refractivity contribution in [2.45, 2.75) is 19.6 Å². The van der Waals surface area contributed by atoms with E-state index in [2.05, 4.69) is 5.48 Å². The molecule has 104 valence electrons. The molecule has 0 bridgehead atoms. The highest BCUT2D eigenvalue weighted by atomic mass is 16.7. The van der Waals surface area contributed by atoms with Gasteiger partial charge in [0.05, 0.1) is 6.61 Å². The quantitative estimate of drug-likeness (QED) is 0.822. The first-order valence-corrected chi connectivity index (χ1v) is 6.43. The molecule has 20 heavy (non-hydrogen) atoms. The Morgan fingerprint density at radius 1 is 1.05 bits per heavy atom. The van der Waals surface area contributed by atoms with Crippen LogP contribution in [0.5, 0.6) is 5.75 Å². The largest absolute Gasteiger partial charge is 0.481 e. The fraction of sp³-hybridized carbons (Fsp3) is 0.188. The van der Waals surface area contributed by atoms with E-state index in [4.69, 9.17) is 9.57 Å². The van der Waals surface area contributed by atoms with Crippen molar-refractivity contribution in [3.8, 4) is 5.75 Å². The first-order chi connectivity index (χ1) is 9.75. The maximum atomic E-state index is 11.8. The molecule has 0 spiro atoms. The summed E-state index contributed by atoms with van der Waals surface area (Å²) in [7, 11) is 0. The number of amides is 1. The molecule has 0 heterocycles. The number of ether oxygens (including phenoxy) is 1. The van der Waals surface area contributed by atoms with Crippen molar-refractivity contribution in [1.29, 1.82) is 0 Å². The molecule has 0 radical (unpaired) electrons. The van der Waals surface area contributed by atoms with Gasteiger partial charge in [0.2, 0.25) is 0 Å². The smallest absolute Gasteiger partial charge is 0.284 e. The number of rotatable bonds is 6. The molecule has 1 N–H and O–H groups in total. The Morgan fingerprint density at radius 2 is 1.65 bits per heavy atom. The molecule has 0 aliphatic heterocycles. The number of carbonyl (C=O) groups is 1. The van der Waals surface area contributed by atoms with Crippen LogP contribution in [0, 0.1) is 0 Å². The van der Waals surface area contributed by atoms with E-state index in [0.29, 0.717) is 12.4 Å². The van der Waals surface area contributed by atoms with Crippen LogP contribution in [0.2, 0.25) is 0 Å². The topological polar surface area (TPSA) is 47.6 Å². The third kappa shape index (κ3) is 4.40. The van der Waals surface area contributed by atoms with Gasteiger partial charge >= 0.3 is 0 Å². The molecule has 0 fully saturated rings. The number of carbonyl (C=O) groups excluding carboxylic acids is 1. The van der Waals surface area contributed by atoms with Crippen LogP contribution in [0.3, 0.4) is 0 Å². The van der Waals surface area contributed by atoms with Crippen LogP contribution in [0.15, 0.2) is 60.7 Å². The van der Waals surface area contributed by atoms with Gasteiger partial charge in [0.1, 0.15) is 5.75 Å². The number of benzene rings is 2. The average molecular weight is 271 g/mol. The SMILES string of the molecule is CC(Oc1ccccc1)C(=O)NOCc1ccccc1. The molecular weight excluding hydrogens is 254 g/mol. The normalized spacial score (nSPS) is 11.7. The Hall–Kier alpha value is -2.33. The van der Waals surface area contributed by atoms with Gasteiger partial charge in [-0.05, 0) is 24.6 Å². The minimum atomic E-state index is -0.617. The van der Waals surface area contributed by atoms with E-state index in [1.165, 1.54) is 0 Å². The van der Waals surface area contributed by atoms with Crippen molar-refractivity contribution in [2.24, 2.45) is 0 Å². The van der Waals surface area contributed by atoms with Crippen molar-refractivity contribution in [2.75, 3.05) is 0 Å². The van der Waals surface area contributed by atoms with E-state index in [-0.39, 0.29) is 5.91 Å². The fourth-order valence-electron chi connectivity index (χ4n) is 1.60. The molecule has 0 aliphatic carbocycles. The minimum Gasteiger partial charge on any atom is -0.481 e. The van der Waals surface area contributed by atoms with Gasteiger partial charge in [-0.25, -0.2) is 5.48 Å². The lowest BCUT2D eigenvalue weighted by molar-refractivity contribution is -0.141. The lowest BCUT2D eigenvalue weighted by Crippen LogP contribution is -2.36. The second kappa shape index (κ2) is 7.31. The van der Waals surface area contributed by atoms with Crippen LogP contribution in [-0.2, 0) is 16.2 Å². The van der Waals surface area contributed by atoms with Crippen molar-refractivity contribution >= 4 is 5.91 Å². The molecule has 1 amide bonds. The summed E-state index contributed by atoms with van der Waals surface area (Å²) in [6.45, 7) is 2.00. The van der Waals surface area contributed by atoms with Crippen molar-refractivity contribution in [1.82, 2.24) is 5.48 Å². The summed E-state index contributed by atoms with van der Waals surface area (Å²) in [5.41, 5.74) is 3.38. The van der Waals surface area contributed by atoms with Gasteiger partial charge in [0, 0.05) is 0 Å². The fourth-order valence-corrected chi connectivity index (χ4v) is 1.60. The highest BCUT2D eigenvalue weighted by Crippen LogP contribution is 2.10. The van der Waals surface area contributed by atoms with Crippen LogP contribution < -0.4 is 10.2 Å². The Bertz CT molecular complexity index is 528. The summed E-state index contributed by atoms with van der Waals surface area (Å²) in [4.78, 5) is 16.9. The third-order valence-electron chi connectivity index (χ3n) is 2.68. The van der Waals surface area contributed by atoms with Gasteiger partial charge in [-0.3, -0.25) is 9.63 Å². The van der Waals surface area contributed by atoms with Gasteiger partial charge in [-0.2, -0.15) is 0 Å². The van der Waals surface area contributed by atoms with Gasteiger partial charge in [-0.15, -0.1) is 0 Å². The van der Waals surface area contributed by atoms with E-state index >= 15 is 0 Å². The highest BCUT2D eigenvalue weighted by molar-refractivity contribution is 5.79. The first kappa shape index (κ1) is 14.1. The number of para-hydroxylation sites is 1. The lowest BCUT2D eigenvalue weighted by atomic mass is 10.2. The predicted molar refractivity (Wildman–Crippen MR) is 75.9 cm³/mol. The van der Waals surface area contributed by atoms with Crippen LogP contribution in [0.4, 0.5) is 0 Å². The molecule has 4 nitrogen and oxygen atoms in total. The Kier molecular flexibility index (Phi) is 5.15. The van der Waals surface area contributed by atoms with Crippen LogP contribution in [-0.4, -0.2) is 12.0 Å². The minimum absolute atomic E-state index is 0.315. The summed E-state index contributed by atoms with van der Waals surface area (Å²) < 4.78 is 5.49. The molecular formula is C16H17NO3. The molecule has 0 saturated heterocycles. The molecule has 2 rings (SSSR count). The van der Waals surface area contributed by atoms with E-state index in [0.717, 1.165) is 5.56 Å². The zero-order chi connectivity index (χ0) is 14.2. The molecule has 0 aromatic heterocycles. The lowest BCUT2D eigenvalue weighted by Gasteiger charge is -2.14. The molecule has 0 saturated carbocycles. The van der Waals surface area contributed by atoms with E-state index in [1.54, 1.807) is 19.1 Å². The number of hydrogen-bond donors (Lipinski definition) is 1. The number of hydroxylamine groups is 1. The Labute approximate surface area is 118 Å². The maximum Gasteiger partial charge on any atom is 0.284 e. The third-order valence-corrected chi connectivity index (χ3v) is 2.68. The van der Waals surface area contributed by atoms with Crippen molar-refractivity contribution < 1.29 is 14.4 Å². The molecule has 0 aliphatic rings. The number of hydrogen-bond acceptors (Lipinski definition) is 3. The Morgan fingerprint density at radius 3 is 2.30 bits per heavy atom. The molecule has 2 aromatic carbocycles. The van der Waals surface area contributed by atoms with Crippen LogP contribution >= 0.6 is 0 Å². The highest BCUT2D eigenvalue weighted by Gasteiger charge is 2.14. The Balaban J connectivity index is 1.74. The molecule has 2 aromatic rings. The van der Waals surface area contributed by atoms with Crippen LogP contribution in [0.25, 0.3) is 0 Å². The molecule has 1 unspecified atom stereocenters. The van der Waals surface area contributed by atoms with Crippen LogP contribution in [0.1, 0.15) is 12.5 Å². The predicted octanol–water partition coefficient (Wildman–Crippen LogP) is 2.70. The van der Waals surface area contributed by atoms with Gasteiger partial charge in [0.15, 0.2) is 6.10 Å². The first-order valence-electron chi connectivity index (χ1n) is 6.43. The van der Waals surface area contributed by atoms with E-state index < -0.39 is 6.10 Å². The van der Waals surface area contributed by atoms with E-state index in [1.807, 2.05) is 48.5 Å². The van der Waals surface area contributed by atoms with Gasteiger partial charge < -0.3 is 4.74 Å².